The Kier molecular flexibility index (Phi) is 10.0. The quantitative estimate of drug-likeness (QED) is 0.169. The molecule has 13 nitrogen and oxygen atoms in total. The third kappa shape index (κ3) is 7.42. The van der Waals surface area contributed by atoms with Crippen molar-refractivity contribution >= 4 is 23.7 Å². The molecule has 6 rings (SSSR count). The van der Waals surface area contributed by atoms with Crippen LogP contribution in [0.1, 0.15) is 23.6 Å². The number of nitrogens with zero attached hydrogens (tertiary/aromatic N) is 6. The number of ether oxygens (including phenoxy) is 4. The van der Waals surface area contributed by atoms with Gasteiger partial charge in [0.1, 0.15) is 18.2 Å². The van der Waals surface area contributed by atoms with Gasteiger partial charge in [0.2, 0.25) is 11.6 Å². The minimum Gasteiger partial charge on any atom is -0.485 e. The van der Waals surface area contributed by atoms with Crippen LogP contribution in [0, 0.1) is 23.0 Å². The number of pyridine rings is 1. The molecule has 50 heavy (non-hydrogen) atoms. The second-order valence-electron chi connectivity index (χ2n) is 10.5. The van der Waals surface area contributed by atoms with Gasteiger partial charge in [0.25, 0.3) is 5.88 Å². The van der Waals surface area contributed by atoms with Crippen molar-refractivity contribution in [1.82, 2.24) is 24.6 Å². The van der Waals surface area contributed by atoms with E-state index in [1.165, 1.54) is 24.3 Å². The molecule has 3 heterocycles. The number of aromatic nitrogens is 4. The molecule has 1 N–H and O–H groups in total. The highest BCUT2D eigenvalue weighted by Crippen LogP contribution is 2.39. The van der Waals surface area contributed by atoms with Crippen LogP contribution >= 0.6 is 11.8 Å². The molecule has 0 bridgehead atoms. The van der Waals surface area contributed by atoms with Crippen LogP contribution in [-0.4, -0.2) is 63.3 Å². The van der Waals surface area contributed by atoms with Crippen LogP contribution in [0.15, 0.2) is 92.8 Å². The molecule has 0 fully saturated rings. The average Bonchev–Trinajstić information content (AvgIpc) is 3.72. The standard InChI is InChI=1S/C34H27F2N7O6S/c1-3-46-34(45)43-33(44)40-32(41-43)50-22-10-12-25(23(16-22)30-38-13-14-42(30)2)48-29-24(35)18-39-31(28(29)36)49-27-15-21(17-37)9-11-26(27)47-19-20-7-5-4-6-8-20/h4-12,15-16,18H,3,13-14,19H2,1-2H3,(H,40,41,44). The van der Waals surface area contributed by atoms with Gasteiger partial charge in [-0.3, -0.25) is 9.98 Å². The van der Waals surface area contributed by atoms with E-state index in [4.69, 9.17) is 18.9 Å². The molecule has 1 aliphatic rings. The molecular weight excluding hydrogens is 672 g/mol. The highest BCUT2D eigenvalue weighted by Gasteiger charge is 2.25. The van der Waals surface area contributed by atoms with Gasteiger partial charge in [-0.05, 0) is 54.6 Å². The van der Waals surface area contributed by atoms with Crippen LogP contribution in [-0.2, 0) is 11.3 Å². The highest BCUT2D eigenvalue weighted by molar-refractivity contribution is 7.99. The van der Waals surface area contributed by atoms with Gasteiger partial charge >= 0.3 is 11.8 Å². The lowest BCUT2D eigenvalue weighted by Crippen LogP contribution is -2.26. The maximum absolute atomic E-state index is 16.0. The number of H-pyrrole nitrogens is 1. The molecule has 3 aromatic carbocycles. The third-order valence-electron chi connectivity index (χ3n) is 7.13. The summed E-state index contributed by atoms with van der Waals surface area (Å²) in [6, 6.07) is 20.4. The summed E-state index contributed by atoms with van der Waals surface area (Å²) in [6.07, 6.45) is -0.170. The maximum Gasteiger partial charge on any atom is 0.439 e. The number of aliphatic imine (C=N–C) groups is 1. The van der Waals surface area contributed by atoms with Crippen LogP contribution in [0.3, 0.4) is 0 Å². The summed E-state index contributed by atoms with van der Waals surface area (Å²) in [7, 11) is 1.81. The van der Waals surface area contributed by atoms with Crippen molar-refractivity contribution < 1.29 is 32.5 Å². The van der Waals surface area contributed by atoms with E-state index in [0.717, 1.165) is 23.5 Å². The topological polar surface area (TPSA) is 157 Å². The summed E-state index contributed by atoms with van der Waals surface area (Å²) in [6.45, 7) is 2.90. The Hall–Kier alpha value is -6.21. The van der Waals surface area contributed by atoms with Crippen molar-refractivity contribution in [2.75, 3.05) is 26.7 Å². The van der Waals surface area contributed by atoms with Gasteiger partial charge in [-0.2, -0.15) is 9.65 Å². The number of benzene rings is 3. The Morgan fingerprint density at radius 2 is 1.86 bits per heavy atom. The van der Waals surface area contributed by atoms with Gasteiger partial charge in [-0.15, -0.1) is 9.78 Å². The molecular formula is C34H27F2N7O6S. The summed E-state index contributed by atoms with van der Waals surface area (Å²) in [5.74, 6) is -3.02. The normalized spacial score (nSPS) is 12.3. The van der Waals surface area contributed by atoms with E-state index in [2.05, 4.69) is 20.1 Å². The third-order valence-corrected chi connectivity index (χ3v) is 8.00. The van der Waals surface area contributed by atoms with Crippen molar-refractivity contribution in [2.45, 2.75) is 23.6 Å². The minimum atomic E-state index is -1.24. The molecule has 0 unspecified atom stereocenters. The number of aromatic amines is 1. The van der Waals surface area contributed by atoms with Gasteiger partial charge in [-0.1, -0.05) is 30.3 Å². The molecule has 5 aromatic rings. The van der Waals surface area contributed by atoms with E-state index in [9.17, 15) is 14.9 Å². The summed E-state index contributed by atoms with van der Waals surface area (Å²) in [4.78, 5) is 37.5. The Morgan fingerprint density at radius 3 is 2.60 bits per heavy atom. The number of amidine groups is 1. The number of nitrogens with one attached hydrogen (secondary N) is 1. The SMILES string of the molecule is CCOC(=O)n1nc(Sc2ccc(Oc3c(F)cnc(Oc4cc(C#N)ccc4OCc4ccccc4)c3F)c(C3=NCCN3C)c2)[nH]c1=O. The van der Waals surface area contributed by atoms with Crippen molar-refractivity contribution in [3.63, 3.8) is 0 Å². The van der Waals surface area contributed by atoms with Crippen LogP contribution in [0.5, 0.6) is 28.9 Å². The van der Waals surface area contributed by atoms with E-state index in [-0.39, 0.29) is 41.2 Å². The summed E-state index contributed by atoms with van der Waals surface area (Å²) in [5.41, 5.74) is 0.689. The zero-order valence-corrected chi connectivity index (χ0v) is 27.4. The van der Waals surface area contributed by atoms with Crippen molar-refractivity contribution in [3.8, 4) is 34.9 Å². The van der Waals surface area contributed by atoms with E-state index in [0.29, 0.717) is 34.1 Å². The van der Waals surface area contributed by atoms with Gasteiger partial charge < -0.3 is 23.8 Å². The monoisotopic (exact) mass is 699 g/mol. The minimum absolute atomic E-state index is 0.0172. The molecule has 0 saturated heterocycles. The lowest BCUT2D eigenvalue weighted by atomic mass is 10.1. The number of likely N-dealkylation sites (N-methyl/N-ethyl adjacent to an activating group) is 1. The summed E-state index contributed by atoms with van der Waals surface area (Å²) < 4.78 is 54.1. The predicted molar refractivity (Wildman–Crippen MR) is 176 cm³/mol. The fourth-order valence-electron chi connectivity index (χ4n) is 4.75. The number of carbonyl (C=O) groups is 1. The largest absolute Gasteiger partial charge is 0.485 e. The van der Waals surface area contributed by atoms with Crippen LogP contribution in [0.2, 0.25) is 0 Å². The predicted octanol–water partition coefficient (Wildman–Crippen LogP) is 6.13. The van der Waals surface area contributed by atoms with Crippen molar-refractivity contribution in [3.05, 3.63) is 112 Å². The van der Waals surface area contributed by atoms with Crippen molar-refractivity contribution in [2.24, 2.45) is 4.99 Å². The number of nitriles is 1. The highest BCUT2D eigenvalue weighted by atomic mass is 32.2. The molecule has 0 spiro atoms. The van der Waals surface area contributed by atoms with E-state index >= 15 is 8.78 Å². The maximum atomic E-state index is 16.0. The molecule has 254 valence electrons. The first-order valence-corrected chi connectivity index (χ1v) is 15.9. The Bertz CT molecular complexity index is 2190. The summed E-state index contributed by atoms with van der Waals surface area (Å²) >= 11 is 1.03. The van der Waals surface area contributed by atoms with Crippen molar-refractivity contribution in [1.29, 1.82) is 5.26 Å². The molecule has 1 aliphatic heterocycles. The van der Waals surface area contributed by atoms with Crippen LogP contribution in [0.4, 0.5) is 13.6 Å². The fourth-order valence-corrected chi connectivity index (χ4v) is 5.55. The van der Waals surface area contributed by atoms with Gasteiger partial charge in [0, 0.05) is 24.6 Å². The zero-order chi connectivity index (χ0) is 35.2. The van der Waals surface area contributed by atoms with E-state index in [1.54, 1.807) is 26.1 Å². The van der Waals surface area contributed by atoms with E-state index < -0.39 is 35.0 Å². The van der Waals surface area contributed by atoms with Gasteiger partial charge in [-0.25, -0.2) is 19.0 Å². The molecule has 0 amide bonds. The molecule has 0 atom stereocenters. The molecule has 16 heteroatoms. The fraction of sp³-hybridized carbons (Fsp3) is 0.176. The summed E-state index contributed by atoms with van der Waals surface area (Å²) in [5, 5.41) is 13.5. The molecule has 0 saturated carbocycles. The lowest BCUT2D eigenvalue weighted by molar-refractivity contribution is 0.149. The first kappa shape index (κ1) is 33.7. The Balaban J connectivity index is 1.30. The smallest absolute Gasteiger partial charge is 0.439 e. The number of hydrogen-bond donors (Lipinski definition) is 1. The molecule has 0 radical (unpaired) electrons. The molecule has 0 aliphatic carbocycles. The second kappa shape index (κ2) is 14.9. The Morgan fingerprint density at radius 1 is 1.06 bits per heavy atom. The average molecular weight is 700 g/mol. The number of carbonyl (C=O) groups excluding carboxylic acids is 1. The van der Waals surface area contributed by atoms with Gasteiger partial charge in [0.15, 0.2) is 22.5 Å². The number of hydrogen-bond acceptors (Lipinski definition) is 12. The van der Waals surface area contributed by atoms with Gasteiger partial charge in [0.05, 0.1) is 36.5 Å². The van der Waals surface area contributed by atoms with Crippen LogP contribution < -0.4 is 19.9 Å². The lowest BCUT2D eigenvalue weighted by Gasteiger charge is -2.19. The molecule has 2 aromatic heterocycles. The van der Waals surface area contributed by atoms with Crippen LogP contribution in [0.25, 0.3) is 0 Å². The first-order valence-electron chi connectivity index (χ1n) is 15.1. The first-order chi connectivity index (χ1) is 24.2. The second-order valence-corrected chi connectivity index (χ2v) is 11.6. The van der Waals surface area contributed by atoms with E-state index in [1.807, 2.05) is 41.3 Å². The zero-order valence-electron chi connectivity index (χ0n) is 26.6. The Labute approximate surface area is 287 Å². The number of rotatable bonds is 11. The number of halogens is 2.